The molecule has 2 amide bonds. The number of rotatable bonds is 9. The van der Waals surface area contributed by atoms with Crippen molar-refractivity contribution in [3.8, 4) is 5.75 Å². The monoisotopic (exact) mass is 423 g/mol. The number of hydrogen-bond acceptors (Lipinski definition) is 4. The van der Waals surface area contributed by atoms with Crippen molar-refractivity contribution in [2.75, 3.05) is 26.7 Å². The lowest BCUT2D eigenvalue weighted by Crippen LogP contribution is -2.38. The fourth-order valence-corrected chi connectivity index (χ4v) is 4.10. The maximum Gasteiger partial charge on any atom is 0.222 e. The molecule has 31 heavy (non-hydrogen) atoms. The Hall–Kier alpha value is -2.86. The van der Waals surface area contributed by atoms with E-state index in [1.807, 2.05) is 43.3 Å². The highest BCUT2D eigenvalue weighted by molar-refractivity contribution is 5.79. The molecule has 6 nitrogen and oxygen atoms in total. The highest BCUT2D eigenvalue weighted by atomic mass is 16.5. The number of likely N-dealkylation sites (tertiary alicyclic amines) is 1. The highest BCUT2D eigenvalue weighted by Crippen LogP contribution is 2.26. The fourth-order valence-electron chi connectivity index (χ4n) is 4.10. The van der Waals surface area contributed by atoms with Crippen LogP contribution in [0.1, 0.15) is 55.0 Å². The van der Waals surface area contributed by atoms with Crippen molar-refractivity contribution in [1.29, 1.82) is 0 Å². The molecule has 0 bridgehead atoms. The Bertz CT molecular complexity index is 859. The van der Waals surface area contributed by atoms with Crippen LogP contribution >= 0.6 is 0 Å². The third kappa shape index (κ3) is 6.56. The van der Waals surface area contributed by atoms with E-state index in [0.29, 0.717) is 6.54 Å². The summed E-state index contributed by atoms with van der Waals surface area (Å²) in [4.78, 5) is 26.9. The number of nitrogens with one attached hydrogen (secondary N) is 2. The van der Waals surface area contributed by atoms with Gasteiger partial charge in [0.25, 0.3) is 0 Å². The Labute approximate surface area is 185 Å². The Morgan fingerprint density at radius 1 is 1.00 bits per heavy atom. The van der Waals surface area contributed by atoms with Crippen molar-refractivity contribution in [2.24, 2.45) is 0 Å². The number of amides is 2. The zero-order valence-corrected chi connectivity index (χ0v) is 18.7. The Morgan fingerprint density at radius 3 is 2.19 bits per heavy atom. The first kappa shape index (κ1) is 22.8. The van der Waals surface area contributed by atoms with Crippen LogP contribution in [0.2, 0.25) is 0 Å². The summed E-state index contributed by atoms with van der Waals surface area (Å²) in [7, 11) is 1.66. The van der Waals surface area contributed by atoms with Gasteiger partial charge in [-0.1, -0.05) is 42.0 Å². The van der Waals surface area contributed by atoms with Gasteiger partial charge in [-0.3, -0.25) is 14.5 Å². The van der Waals surface area contributed by atoms with Gasteiger partial charge in [0.05, 0.1) is 25.6 Å². The number of methoxy groups -OCH3 is 1. The molecule has 1 aliphatic heterocycles. The average Bonchev–Trinajstić information content (AvgIpc) is 3.29. The lowest BCUT2D eigenvalue weighted by Gasteiger charge is -2.28. The second-order valence-corrected chi connectivity index (χ2v) is 8.20. The molecule has 2 aromatic rings. The quantitative estimate of drug-likeness (QED) is 0.647. The van der Waals surface area contributed by atoms with E-state index in [1.165, 1.54) is 25.3 Å². The summed E-state index contributed by atoms with van der Waals surface area (Å²) < 4.78 is 5.28. The molecule has 0 aliphatic carbocycles. The summed E-state index contributed by atoms with van der Waals surface area (Å²) >= 11 is 0. The zero-order valence-electron chi connectivity index (χ0n) is 18.7. The van der Waals surface area contributed by atoms with Gasteiger partial charge >= 0.3 is 0 Å². The number of benzene rings is 2. The van der Waals surface area contributed by atoms with Crippen molar-refractivity contribution in [1.82, 2.24) is 15.5 Å². The number of hydrogen-bond donors (Lipinski definition) is 2. The van der Waals surface area contributed by atoms with Crippen LogP contribution < -0.4 is 15.4 Å². The van der Waals surface area contributed by atoms with E-state index in [-0.39, 0.29) is 30.3 Å². The van der Waals surface area contributed by atoms with Crippen LogP contribution in [0.15, 0.2) is 48.5 Å². The molecular weight excluding hydrogens is 390 g/mol. The smallest absolute Gasteiger partial charge is 0.222 e. The largest absolute Gasteiger partial charge is 0.497 e. The number of nitrogens with zero attached hydrogens (tertiary/aromatic N) is 1. The molecule has 0 radical (unpaired) electrons. The molecule has 0 saturated carbocycles. The van der Waals surface area contributed by atoms with E-state index >= 15 is 0 Å². The molecule has 2 aromatic carbocycles. The summed E-state index contributed by atoms with van der Waals surface area (Å²) in [6.07, 6.45) is 2.56. The summed E-state index contributed by atoms with van der Waals surface area (Å²) in [5, 5.41) is 6.02. The van der Waals surface area contributed by atoms with Gasteiger partial charge in [-0.25, -0.2) is 0 Å². The van der Waals surface area contributed by atoms with E-state index in [1.54, 1.807) is 7.11 Å². The molecule has 166 valence electrons. The molecule has 2 atom stereocenters. The SMILES string of the molecule is COc1ccc(C(CNC(=O)CC(NC(C)=O)c2ccc(C)cc2)N2CCCC2)cc1. The van der Waals surface area contributed by atoms with Gasteiger partial charge in [0.2, 0.25) is 11.8 Å². The van der Waals surface area contributed by atoms with E-state index in [2.05, 4.69) is 27.7 Å². The second-order valence-electron chi connectivity index (χ2n) is 8.20. The molecule has 1 saturated heterocycles. The predicted molar refractivity (Wildman–Crippen MR) is 122 cm³/mol. The van der Waals surface area contributed by atoms with Crippen molar-refractivity contribution < 1.29 is 14.3 Å². The molecule has 6 heteroatoms. The summed E-state index contributed by atoms with van der Waals surface area (Å²) in [5.41, 5.74) is 3.24. The number of carbonyl (C=O) groups is 2. The minimum atomic E-state index is -0.343. The Morgan fingerprint density at radius 2 is 1.61 bits per heavy atom. The maximum atomic E-state index is 12.8. The van der Waals surface area contributed by atoms with E-state index in [0.717, 1.165) is 30.0 Å². The van der Waals surface area contributed by atoms with Crippen molar-refractivity contribution >= 4 is 11.8 Å². The van der Waals surface area contributed by atoms with Crippen LogP contribution in [0.5, 0.6) is 5.75 Å². The Kier molecular flexibility index (Phi) is 8.06. The number of carbonyl (C=O) groups excluding carboxylic acids is 2. The molecule has 0 spiro atoms. The van der Waals surface area contributed by atoms with Crippen LogP contribution in [0.4, 0.5) is 0 Å². The first-order chi connectivity index (χ1) is 15.0. The van der Waals surface area contributed by atoms with Gasteiger partial charge in [-0.05, 0) is 56.1 Å². The standard InChI is InChI=1S/C25H33N3O3/c1-18-6-8-20(9-7-18)23(27-19(2)29)16-25(30)26-17-24(28-14-4-5-15-28)21-10-12-22(31-3)13-11-21/h6-13,23-24H,4-5,14-17H2,1-3H3,(H,26,30)(H,27,29). The minimum absolute atomic E-state index is 0.0722. The molecule has 1 fully saturated rings. The van der Waals surface area contributed by atoms with Crippen LogP contribution in [0, 0.1) is 6.92 Å². The summed E-state index contributed by atoms with van der Waals surface area (Å²) in [6, 6.07) is 15.8. The lowest BCUT2D eigenvalue weighted by molar-refractivity contribution is -0.123. The maximum absolute atomic E-state index is 12.8. The number of ether oxygens (including phenoxy) is 1. The van der Waals surface area contributed by atoms with E-state index in [4.69, 9.17) is 4.74 Å². The minimum Gasteiger partial charge on any atom is -0.497 e. The summed E-state index contributed by atoms with van der Waals surface area (Å²) in [6.45, 7) is 6.09. The molecule has 2 unspecified atom stereocenters. The van der Waals surface area contributed by atoms with Crippen LogP contribution in [0.3, 0.4) is 0 Å². The van der Waals surface area contributed by atoms with Gasteiger partial charge in [-0.15, -0.1) is 0 Å². The number of aryl methyl sites for hydroxylation is 1. The van der Waals surface area contributed by atoms with Crippen molar-refractivity contribution in [3.05, 3.63) is 65.2 Å². The van der Waals surface area contributed by atoms with Crippen molar-refractivity contribution in [3.63, 3.8) is 0 Å². The molecular formula is C25H33N3O3. The average molecular weight is 424 g/mol. The zero-order chi connectivity index (χ0) is 22.2. The van der Waals surface area contributed by atoms with Crippen LogP contribution in [0.25, 0.3) is 0 Å². The van der Waals surface area contributed by atoms with Gasteiger partial charge in [-0.2, -0.15) is 0 Å². The first-order valence-corrected chi connectivity index (χ1v) is 10.9. The highest BCUT2D eigenvalue weighted by Gasteiger charge is 2.25. The van der Waals surface area contributed by atoms with E-state index in [9.17, 15) is 9.59 Å². The molecule has 3 rings (SSSR count). The molecule has 1 aliphatic rings. The van der Waals surface area contributed by atoms with Gasteiger partial charge in [0.15, 0.2) is 0 Å². The van der Waals surface area contributed by atoms with E-state index < -0.39 is 0 Å². The summed E-state index contributed by atoms with van der Waals surface area (Å²) in [5.74, 6) is 0.604. The normalized spacial score (nSPS) is 15.8. The van der Waals surface area contributed by atoms with Gasteiger partial charge < -0.3 is 15.4 Å². The molecule has 0 aromatic heterocycles. The lowest BCUT2D eigenvalue weighted by atomic mass is 10.0. The van der Waals surface area contributed by atoms with Gasteiger partial charge in [0, 0.05) is 13.5 Å². The predicted octanol–water partition coefficient (Wildman–Crippen LogP) is 3.52. The van der Waals surface area contributed by atoms with Gasteiger partial charge in [0.1, 0.15) is 5.75 Å². The third-order valence-corrected chi connectivity index (χ3v) is 5.82. The third-order valence-electron chi connectivity index (χ3n) is 5.82. The molecule has 2 N–H and O–H groups in total. The Balaban J connectivity index is 1.66. The van der Waals surface area contributed by atoms with Crippen molar-refractivity contribution in [2.45, 2.75) is 45.2 Å². The van der Waals surface area contributed by atoms with Crippen LogP contribution in [-0.4, -0.2) is 43.5 Å². The van der Waals surface area contributed by atoms with Crippen LogP contribution in [-0.2, 0) is 9.59 Å². The topological polar surface area (TPSA) is 70.7 Å². The first-order valence-electron chi connectivity index (χ1n) is 10.9. The fraction of sp³-hybridized carbons (Fsp3) is 0.440. The second kappa shape index (κ2) is 11.0. The molecule has 1 heterocycles.